The van der Waals surface area contributed by atoms with Crippen LogP contribution in [0.4, 0.5) is 15.3 Å². The molecule has 1 atom stereocenters. The number of thiazole rings is 1. The summed E-state index contributed by atoms with van der Waals surface area (Å²) >= 11 is 8.42. The fraction of sp³-hybridized carbons (Fsp3) is 0.389. The summed E-state index contributed by atoms with van der Waals surface area (Å²) in [5, 5.41) is 13.9. The minimum absolute atomic E-state index is 0.0197. The summed E-state index contributed by atoms with van der Waals surface area (Å²) in [5.74, 6) is 0.874. The first kappa shape index (κ1) is 21.0. The van der Waals surface area contributed by atoms with E-state index in [1.807, 2.05) is 0 Å². The highest BCUT2D eigenvalue weighted by atomic mass is 35.5. The van der Waals surface area contributed by atoms with E-state index in [-0.39, 0.29) is 17.7 Å². The molecular formula is C18H21ClFN5OS2. The average Bonchev–Trinajstić information content (AvgIpc) is 3.02. The number of anilines is 2. The Labute approximate surface area is 175 Å². The van der Waals surface area contributed by atoms with Crippen LogP contribution in [0, 0.1) is 11.7 Å². The molecule has 0 saturated heterocycles. The number of hydrogen-bond acceptors (Lipinski definition) is 8. The minimum atomic E-state index is -0.439. The molecule has 10 heteroatoms. The first-order chi connectivity index (χ1) is 13.4. The summed E-state index contributed by atoms with van der Waals surface area (Å²) in [4.78, 5) is 13.2. The maximum absolute atomic E-state index is 14.1. The van der Waals surface area contributed by atoms with Crippen molar-refractivity contribution < 1.29 is 9.50 Å². The number of thioether (sulfide) groups is 1. The molecule has 1 aromatic carbocycles. The number of rotatable bonds is 8. The van der Waals surface area contributed by atoms with Gasteiger partial charge < -0.3 is 16.2 Å². The summed E-state index contributed by atoms with van der Waals surface area (Å²) < 4.78 is 14.9. The minimum Gasteiger partial charge on any atom is -0.394 e. The number of nitrogens with one attached hydrogen (secondary N) is 1. The van der Waals surface area contributed by atoms with E-state index in [0.29, 0.717) is 39.0 Å². The molecule has 0 radical (unpaired) electrons. The Morgan fingerprint density at radius 3 is 2.82 bits per heavy atom. The zero-order chi connectivity index (χ0) is 20.3. The number of aliphatic hydroxyl groups excluding tert-OH is 1. The van der Waals surface area contributed by atoms with Crippen molar-refractivity contribution in [2.45, 2.75) is 37.2 Å². The van der Waals surface area contributed by atoms with Gasteiger partial charge in [0, 0.05) is 5.75 Å². The Morgan fingerprint density at radius 1 is 1.32 bits per heavy atom. The maximum Gasteiger partial charge on any atom is 0.191 e. The number of hydrogen-bond donors (Lipinski definition) is 3. The van der Waals surface area contributed by atoms with Crippen LogP contribution < -0.4 is 11.1 Å². The number of nitrogen functional groups attached to an aromatic ring is 1. The van der Waals surface area contributed by atoms with E-state index in [9.17, 15) is 9.50 Å². The number of nitrogens with two attached hydrogens (primary N) is 1. The third-order valence-electron chi connectivity index (χ3n) is 3.96. The van der Waals surface area contributed by atoms with Crippen molar-refractivity contribution in [1.29, 1.82) is 0 Å². The van der Waals surface area contributed by atoms with Gasteiger partial charge in [0.2, 0.25) is 0 Å². The maximum atomic E-state index is 14.1. The number of halogens is 2. The number of aromatic nitrogens is 3. The van der Waals surface area contributed by atoms with Crippen molar-refractivity contribution >= 4 is 56.0 Å². The molecule has 6 nitrogen and oxygen atoms in total. The van der Waals surface area contributed by atoms with E-state index in [4.69, 9.17) is 17.3 Å². The first-order valence-corrected chi connectivity index (χ1v) is 10.9. The van der Waals surface area contributed by atoms with Gasteiger partial charge in [0.25, 0.3) is 0 Å². The molecule has 0 amide bonds. The number of nitrogens with zero attached hydrogens (tertiary/aromatic N) is 3. The van der Waals surface area contributed by atoms with Gasteiger partial charge in [-0.05, 0) is 24.0 Å². The Morgan fingerprint density at radius 2 is 2.11 bits per heavy atom. The fourth-order valence-electron chi connectivity index (χ4n) is 2.73. The smallest absolute Gasteiger partial charge is 0.191 e. The largest absolute Gasteiger partial charge is 0.394 e. The average molecular weight is 442 g/mol. The Bertz CT molecular complexity index is 969. The van der Waals surface area contributed by atoms with Gasteiger partial charge in [0.15, 0.2) is 21.8 Å². The van der Waals surface area contributed by atoms with Crippen LogP contribution in [0.25, 0.3) is 10.3 Å². The number of fused-ring (bicyclic) bond motifs is 1. The lowest BCUT2D eigenvalue weighted by molar-refractivity contribution is 0.259. The van der Waals surface area contributed by atoms with Crippen LogP contribution in [-0.4, -0.2) is 32.7 Å². The van der Waals surface area contributed by atoms with Crippen LogP contribution in [0.15, 0.2) is 23.4 Å². The molecule has 28 heavy (non-hydrogen) atoms. The molecule has 0 unspecified atom stereocenters. The van der Waals surface area contributed by atoms with E-state index in [1.165, 1.54) is 29.2 Å². The number of aliphatic hydroxyl groups is 1. The predicted molar refractivity (Wildman–Crippen MR) is 115 cm³/mol. The van der Waals surface area contributed by atoms with Crippen LogP contribution in [0.3, 0.4) is 0 Å². The van der Waals surface area contributed by atoms with Crippen LogP contribution in [-0.2, 0) is 5.75 Å². The van der Waals surface area contributed by atoms with Gasteiger partial charge in [-0.15, -0.1) is 0 Å². The molecule has 4 N–H and O–H groups in total. The van der Waals surface area contributed by atoms with Crippen LogP contribution in [0.5, 0.6) is 0 Å². The molecular weight excluding hydrogens is 421 g/mol. The zero-order valence-corrected chi connectivity index (χ0v) is 17.8. The van der Waals surface area contributed by atoms with Crippen molar-refractivity contribution in [2.75, 3.05) is 17.7 Å². The monoisotopic (exact) mass is 441 g/mol. The second kappa shape index (κ2) is 9.21. The van der Waals surface area contributed by atoms with Crippen LogP contribution >= 0.6 is 34.7 Å². The Hall–Kier alpha value is -1.68. The highest BCUT2D eigenvalue weighted by molar-refractivity contribution is 7.98. The molecule has 0 fully saturated rings. The normalized spacial score (nSPS) is 12.6. The molecule has 3 aromatic rings. The summed E-state index contributed by atoms with van der Waals surface area (Å²) in [5.41, 5.74) is 6.80. The van der Waals surface area contributed by atoms with Gasteiger partial charge in [-0.25, -0.2) is 19.3 Å². The van der Waals surface area contributed by atoms with E-state index < -0.39 is 5.82 Å². The quantitative estimate of drug-likeness (QED) is 0.348. The SMILES string of the molecule is CC(C)C[C@H](CO)Nc1nc(SCc2cccc(Cl)c2F)nc2nc(N)sc12. The fourth-order valence-corrected chi connectivity index (χ4v) is 4.46. The lowest BCUT2D eigenvalue weighted by atomic mass is 10.0. The van der Waals surface area contributed by atoms with Gasteiger partial charge in [0.1, 0.15) is 10.5 Å². The van der Waals surface area contributed by atoms with Crippen molar-refractivity contribution in [3.8, 4) is 0 Å². The molecule has 2 heterocycles. The molecule has 0 bridgehead atoms. The third-order valence-corrected chi connectivity index (χ3v) is 6.02. The molecule has 0 spiro atoms. The third kappa shape index (κ3) is 5.02. The molecule has 3 rings (SSSR count). The standard InChI is InChI=1S/C18H21ClFN5OS2/c1-9(2)6-11(7-26)22-15-14-16(23-17(21)28-14)25-18(24-15)27-8-10-4-3-5-12(19)13(10)20/h3-5,9,11,26H,6-8H2,1-2H3,(H3,21,22,23,24,25)/t11-/m1/s1. The van der Waals surface area contributed by atoms with Gasteiger partial charge >= 0.3 is 0 Å². The van der Waals surface area contributed by atoms with Gasteiger partial charge in [0.05, 0.1) is 17.7 Å². The topological polar surface area (TPSA) is 97.0 Å². The summed E-state index contributed by atoms with van der Waals surface area (Å²) in [6.45, 7) is 4.16. The predicted octanol–water partition coefficient (Wildman–Crippen LogP) is 4.57. The first-order valence-electron chi connectivity index (χ1n) is 8.74. The Kier molecular flexibility index (Phi) is 6.92. The van der Waals surface area contributed by atoms with E-state index >= 15 is 0 Å². The second-order valence-corrected chi connectivity index (χ2v) is 9.09. The lowest BCUT2D eigenvalue weighted by Gasteiger charge is -2.19. The van der Waals surface area contributed by atoms with Crippen molar-refractivity contribution in [2.24, 2.45) is 5.92 Å². The Balaban J connectivity index is 1.87. The summed E-state index contributed by atoms with van der Waals surface area (Å²) in [6.07, 6.45) is 0.784. The molecule has 0 aliphatic heterocycles. The van der Waals surface area contributed by atoms with Gasteiger partial charge in [-0.1, -0.05) is 60.7 Å². The molecule has 0 saturated carbocycles. The van der Waals surface area contributed by atoms with Crippen LogP contribution in [0.2, 0.25) is 5.02 Å². The molecule has 0 aliphatic carbocycles. The van der Waals surface area contributed by atoms with Crippen molar-refractivity contribution in [1.82, 2.24) is 15.0 Å². The highest BCUT2D eigenvalue weighted by Crippen LogP contribution is 2.32. The zero-order valence-electron chi connectivity index (χ0n) is 15.4. The second-order valence-electron chi connectivity index (χ2n) is 6.71. The van der Waals surface area contributed by atoms with Gasteiger partial charge in [-0.3, -0.25) is 0 Å². The van der Waals surface area contributed by atoms with E-state index in [2.05, 4.69) is 34.1 Å². The molecule has 0 aliphatic rings. The molecule has 150 valence electrons. The van der Waals surface area contributed by atoms with Crippen molar-refractivity contribution in [3.05, 3.63) is 34.6 Å². The van der Waals surface area contributed by atoms with E-state index in [1.54, 1.807) is 12.1 Å². The van der Waals surface area contributed by atoms with Crippen molar-refractivity contribution in [3.63, 3.8) is 0 Å². The highest BCUT2D eigenvalue weighted by Gasteiger charge is 2.17. The summed E-state index contributed by atoms with van der Waals surface area (Å²) in [6, 6.07) is 4.75. The van der Waals surface area contributed by atoms with Crippen LogP contribution in [0.1, 0.15) is 25.8 Å². The van der Waals surface area contributed by atoms with Gasteiger partial charge in [-0.2, -0.15) is 0 Å². The van der Waals surface area contributed by atoms with E-state index in [0.717, 1.165) is 11.1 Å². The lowest BCUT2D eigenvalue weighted by Crippen LogP contribution is -2.26. The number of benzene rings is 1. The summed E-state index contributed by atoms with van der Waals surface area (Å²) in [7, 11) is 0. The molecule has 2 aromatic heterocycles.